The molecule has 0 radical (unpaired) electrons. The molecule has 0 aromatic carbocycles. The van der Waals surface area contributed by atoms with Crippen molar-refractivity contribution < 1.29 is 17.9 Å². The topological polar surface area (TPSA) is 33.0 Å². The van der Waals surface area contributed by atoms with Gasteiger partial charge in [0.15, 0.2) is 5.92 Å². The Labute approximate surface area is 80.7 Å². The van der Waals surface area contributed by atoms with Gasteiger partial charge in [-0.15, -0.1) is 0 Å². The standard InChI is InChI=1S/C9H12F3NO/c10-9(11,12)7(5-13)6-14-8-3-1-2-4-8/h7-8H,1-4,6H2. The van der Waals surface area contributed by atoms with Crippen LogP contribution in [0.1, 0.15) is 25.7 Å². The van der Waals surface area contributed by atoms with Crippen LogP contribution in [0.2, 0.25) is 0 Å². The zero-order valence-corrected chi connectivity index (χ0v) is 7.68. The Morgan fingerprint density at radius 2 is 1.93 bits per heavy atom. The summed E-state index contributed by atoms with van der Waals surface area (Å²) < 4.78 is 41.3. The highest BCUT2D eigenvalue weighted by Gasteiger charge is 2.40. The first kappa shape index (κ1) is 11.3. The van der Waals surface area contributed by atoms with Crippen LogP contribution in [-0.4, -0.2) is 18.9 Å². The second-order valence-electron chi connectivity index (χ2n) is 3.46. The first-order valence-corrected chi connectivity index (χ1v) is 4.62. The predicted octanol–water partition coefficient (Wildman–Crippen LogP) is 2.65. The normalized spacial score (nSPS) is 20.7. The average Bonchev–Trinajstić information content (AvgIpc) is 2.55. The van der Waals surface area contributed by atoms with Crippen molar-refractivity contribution in [3.8, 4) is 6.07 Å². The van der Waals surface area contributed by atoms with E-state index in [4.69, 9.17) is 10.00 Å². The summed E-state index contributed by atoms with van der Waals surface area (Å²) in [4.78, 5) is 0. The number of ether oxygens (including phenoxy) is 1. The van der Waals surface area contributed by atoms with Gasteiger partial charge in [-0.1, -0.05) is 12.8 Å². The molecule has 0 aromatic rings. The number of hydrogen-bond donors (Lipinski definition) is 0. The third kappa shape index (κ3) is 3.18. The molecule has 0 spiro atoms. The molecule has 0 aliphatic heterocycles. The Morgan fingerprint density at radius 3 is 2.36 bits per heavy atom. The number of nitriles is 1. The molecule has 1 rings (SSSR count). The summed E-state index contributed by atoms with van der Waals surface area (Å²) in [6.45, 7) is -0.523. The largest absolute Gasteiger partial charge is 0.406 e. The molecule has 1 fully saturated rings. The van der Waals surface area contributed by atoms with Gasteiger partial charge in [-0.25, -0.2) is 0 Å². The predicted molar refractivity (Wildman–Crippen MR) is 43.4 cm³/mol. The molecular formula is C9H12F3NO. The van der Waals surface area contributed by atoms with Crippen LogP contribution >= 0.6 is 0 Å². The maximum Gasteiger partial charge on any atom is 0.406 e. The fourth-order valence-electron chi connectivity index (χ4n) is 1.49. The molecule has 1 aliphatic rings. The van der Waals surface area contributed by atoms with Crippen molar-refractivity contribution in [2.24, 2.45) is 5.92 Å². The molecule has 1 aliphatic carbocycles. The molecule has 1 saturated carbocycles. The summed E-state index contributed by atoms with van der Waals surface area (Å²) in [5, 5.41) is 8.29. The molecule has 2 nitrogen and oxygen atoms in total. The molecule has 0 amide bonds. The molecule has 5 heteroatoms. The monoisotopic (exact) mass is 207 g/mol. The molecule has 14 heavy (non-hydrogen) atoms. The lowest BCUT2D eigenvalue weighted by Gasteiger charge is -2.16. The second kappa shape index (κ2) is 4.65. The molecule has 0 heterocycles. The summed E-state index contributed by atoms with van der Waals surface area (Å²) in [7, 11) is 0. The minimum absolute atomic E-state index is 0.0757. The first-order chi connectivity index (χ1) is 6.54. The maximum absolute atomic E-state index is 12.1. The van der Waals surface area contributed by atoms with Crippen LogP contribution in [0.4, 0.5) is 13.2 Å². The lowest BCUT2D eigenvalue weighted by atomic mass is 10.2. The van der Waals surface area contributed by atoms with Gasteiger partial charge in [0.05, 0.1) is 18.8 Å². The molecule has 80 valence electrons. The number of alkyl halides is 3. The van der Waals surface area contributed by atoms with Crippen LogP contribution in [0.5, 0.6) is 0 Å². The summed E-state index contributed by atoms with van der Waals surface area (Å²) in [5.74, 6) is -1.98. The molecule has 0 N–H and O–H groups in total. The lowest BCUT2D eigenvalue weighted by molar-refractivity contribution is -0.175. The van der Waals surface area contributed by atoms with E-state index < -0.39 is 18.7 Å². The summed E-state index contributed by atoms with van der Waals surface area (Å²) >= 11 is 0. The fourth-order valence-corrected chi connectivity index (χ4v) is 1.49. The van der Waals surface area contributed by atoms with Crippen molar-refractivity contribution >= 4 is 0 Å². The van der Waals surface area contributed by atoms with Crippen molar-refractivity contribution in [3.05, 3.63) is 0 Å². The van der Waals surface area contributed by atoms with E-state index in [0.717, 1.165) is 25.7 Å². The minimum atomic E-state index is -4.46. The SMILES string of the molecule is N#CC(COC1CCCC1)C(F)(F)F. The van der Waals surface area contributed by atoms with Gasteiger partial charge in [0, 0.05) is 0 Å². The smallest absolute Gasteiger partial charge is 0.376 e. The first-order valence-electron chi connectivity index (χ1n) is 4.62. The van der Waals surface area contributed by atoms with Crippen molar-refractivity contribution in [2.75, 3.05) is 6.61 Å². The van der Waals surface area contributed by atoms with Crippen LogP contribution in [0, 0.1) is 17.2 Å². The van der Waals surface area contributed by atoms with E-state index in [1.165, 1.54) is 6.07 Å². The molecule has 0 aromatic heterocycles. The van der Waals surface area contributed by atoms with Gasteiger partial charge in [0.2, 0.25) is 0 Å². The zero-order valence-electron chi connectivity index (χ0n) is 7.68. The Hall–Kier alpha value is -0.760. The van der Waals surface area contributed by atoms with Gasteiger partial charge >= 0.3 is 6.18 Å². The van der Waals surface area contributed by atoms with E-state index >= 15 is 0 Å². The van der Waals surface area contributed by atoms with E-state index in [9.17, 15) is 13.2 Å². The third-order valence-electron chi connectivity index (χ3n) is 2.35. The maximum atomic E-state index is 12.1. The number of halogens is 3. The highest BCUT2D eigenvalue weighted by Crippen LogP contribution is 2.28. The highest BCUT2D eigenvalue weighted by molar-refractivity contribution is 4.88. The van der Waals surface area contributed by atoms with Crippen molar-refractivity contribution in [1.29, 1.82) is 5.26 Å². The molecular weight excluding hydrogens is 195 g/mol. The molecule has 1 atom stereocenters. The fraction of sp³-hybridized carbons (Fsp3) is 0.889. The summed E-state index contributed by atoms with van der Waals surface area (Å²) in [6.07, 6.45) is -0.894. The van der Waals surface area contributed by atoms with Crippen LogP contribution in [0.25, 0.3) is 0 Å². The van der Waals surface area contributed by atoms with Crippen molar-refractivity contribution in [2.45, 2.75) is 38.0 Å². The van der Waals surface area contributed by atoms with Crippen LogP contribution in [-0.2, 0) is 4.74 Å². The van der Waals surface area contributed by atoms with E-state index in [1.54, 1.807) is 0 Å². The average molecular weight is 207 g/mol. The zero-order chi connectivity index (χ0) is 10.6. The van der Waals surface area contributed by atoms with Gasteiger partial charge in [-0.3, -0.25) is 0 Å². The molecule has 0 bridgehead atoms. The van der Waals surface area contributed by atoms with Crippen molar-refractivity contribution in [3.63, 3.8) is 0 Å². The number of hydrogen-bond acceptors (Lipinski definition) is 2. The second-order valence-corrected chi connectivity index (χ2v) is 3.46. The Kier molecular flexibility index (Phi) is 3.76. The Bertz CT molecular complexity index is 215. The van der Waals surface area contributed by atoms with Gasteiger partial charge in [-0.2, -0.15) is 18.4 Å². The van der Waals surface area contributed by atoms with Crippen molar-refractivity contribution in [1.82, 2.24) is 0 Å². The Morgan fingerprint density at radius 1 is 1.36 bits per heavy atom. The van der Waals surface area contributed by atoms with Gasteiger partial charge < -0.3 is 4.74 Å². The lowest BCUT2D eigenvalue weighted by Crippen LogP contribution is -2.27. The van der Waals surface area contributed by atoms with E-state index in [0.29, 0.717) is 0 Å². The summed E-state index contributed by atoms with van der Waals surface area (Å²) in [6, 6.07) is 1.22. The van der Waals surface area contributed by atoms with E-state index in [2.05, 4.69) is 0 Å². The van der Waals surface area contributed by atoms with Gasteiger partial charge in [-0.05, 0) is 12.8 Å². The number of rotatable bonds is 3. The molecule has 1 unspecified atom stereocenters. The van der Waals surface area contributed by atoms with E-state index in [1.807, 2.05) is 0 Å². The molecule has 0 saturated heterocycles. The summed E-state index contributed by atoms with van der Waals surface area (Å²) in [5.41, 5.74) is 0. The van der Waals surface area contributed by atoms with Gasteiger partial charge in [0.25, 0.3) is 0 Å². The third-order valence-corrected chi connectivity index (χ3v) is 2.35. The Balaban J connectivity index is 2.31. The van der Waals surface area contributed by atoms with Crippen LogP contribution in [0.15, 0.2) is 0 Å². The van der Waals surface area contributed by atoms with Crippen LogP contribution < -0.4 is 0 Å². The minimum Gasteiger partial charge on any atom is -0.376 e. The highest BCUT2D eigenvalue weighted by atomic mass is 19.4. The number of nitrogens with zero attached hydrogens (tertiary/aromatic N) is 1. The van der Waals surface area contributed by atoms with E-state index in [-0.39, 0.29) is 6.10 Å². The van der Waals surface area contributed by atoms with Crippen LogP contribution in [0.3, 0.4) is 0 Å². The van der Waals surface area contributed by atoms with Gasteiger partial charge in [0.1, 0.15) is 0 Å². The quantitative estimate of drug-likeness (QED) is 0.712.